The van der Waals surface area contributed by atoms with Crippen LogP contribution < -0.4 is 5.32 Å². The minimum atomic E-state index is -0.576. The maximum atomic E-state index is 13.2. The number of amides is 1. The number of pyridine rings is 1. The Morgan fingerprint density at radius 3 is 2.59 bits per heavy atom. The van der Waals surface area contributed by atoms with Gasteiger partial charge in [0.15, 0.2) is 5.78 Å². The maximum absolute atomic E-state index is 13.2. The van der Waals surface area contributed by atoms with Crippen LogP contribution in [0.25, 0.3) is 11.1 Å². The topological polar surface area (TPSA) is 59.1 Å². The molecule has 4 nitrogen and oxygen atoms in total. The Labute approximate surface area is 161 Å². The van der Waals surface area contributed by atoms with Gasteiger partial charge in [-0.3, -0.25) is 14.6 Å². The fourth-order valence-electron chi connectivity index (χ4n) is 2.54. The fraction of sp³-hybridized carbons (Fsp3) is 0.0952. The molecular weight excluding hydrogens is 367 g/mol. The first-order valence-electron chi connectivity index (χ1n) is 8.23. The Hall–Kier alpha value is -3.05. The lowest BCUT2D eigenvalue weighted by Gasteiger charge is -2.07. The first-order valence-corrected chi connectivity index (χ1v) is 8.61. The maximum Gasteiger partial charge on any atom is 0.232 e. The van der Waals surface area contributed by atoms with Gasteiger partial charge in [-0.25, -0.2) is 4.39 Å². The highest BCUT2D eigenvalue weighted by atomic mass is 35.5. The van der Waals surface area contributed by atoms with Crippen molar-refractivity contribution < 1.29 is 14.0 Å². The first kappa shape index (κ1) is 18.7. The van der Waals surface area contributed by atoms with Crippen LogP contribution in [0, 0.1) is 12.7 Å². The zero-order chi connectivity index (χ0) is 19.4. The number of ketones is 1. The summed E-state index contributed by atoms with van der Waals surface area (Å²) in [4.78, 5) is 28.8. The molecule has 0 aliphatic heterocycles. The second-order valence-electron chi connectivity index (χ2n) is 6.05. The lowest BCUT2D eigenvalue weighted by molar-refractivity contribution is -0.115. The van der Waals surface area contributed by atoms with Crippen molar-refractivity contribution in [3.8, 4) is 11.1 Å². The van der Waals surface area contributed by atoms with Crippen molar-refractivity contribution in [2.45, 2.75) is 13.3 Å². The van der Waals surface area contributed by atoms with E-state index in [1.807, 2.05) is 25.1 Å². The molecule has 0 unspecified atom stereocenters. The first-order chi connectivity index (χ1) is 12.9. The molecule has 3 rings (SSSR count). The molecule has 27 heavy (non-hydrogen) atoms. The van der Waals surface area contributed by atoms with Gasteiger partial charge in [-0.1, -0.05) is 35.9 Å². The van der Waals surface area contributed by atoms with Crippen LogP contribution in [-0.2, 0) is 4.79 Å². The Morgan fingerprint density at radius 1 is 1.07 bits per heavy atom. The van der Waals surface area contributed by atoms with Crippen molar-refractivity contribution in [2.24, 2.45) is 0 Å². The Morgan fingerprint density at radius 2 is 1.89 bits per heavy atom. The van der Waals surface area contributed by atoms with Gasteiger partial charge >= 0.3 is 0 Å². The third-order valence-corrected chi connectivity index (χ3v) is 4.24. The molecule has 0 fully saturated rings. The van der Waals surface area contributed by atoms with Gasteiger partial charge in [-0.2, -0.15) is 0 Å². The molecule has 6 heteroatoms. The van der Waals surface area contributed by atoms with Crippen LogP contribution in [-0.4, -0.2) is 16.7 Å². The van der Waals surface area contributed by atoms with Crippen LogP contribution in [0.3, 0.4) is 0 Å². The number of Topliss-reactive ketones (excluding diaryl/α,β-unsaturated/α-hetero) is 1. The molecule has 0 radical (unpaired) electrons. The van der Waals surface area contributed by atoms with E-state index in [-0.39, 0.29) is 17.2 Å². The molecule has 0 bridgehead atoms. The molecule has 3 aromatic rings. The van der Waals surface area contributed by atoms with Gasteiger partial charge in [0.1, 0.15) is 5.82 Å². The van der Waals surface area contributed by atoms with E-state index >= 15 is 0 Å². The number of anilines is 1. The SMILES string of the molecule is Cc1ccc(-c2cccc(C(=O)CC(=O)Nc3ccc(F)c(Cl)c3)c2)cn1. The minimum absolute atomic E-state index is 0.0986. The van der Waals surface area contributed by atoms with Crippen LogP contribution in [0.1, 0.15) is 22.5 Å². The monoisotopic (exact) mass is 382 g/mol. The van der Waals surface area contributed by atoms with E-state index < -0.39 is 11.7 Å². The number of halogens is 2. The number of nitrogens with zero attached hydrogens (tertiary/aromatic N) is 1. The number of aryl methyl sites for hydroxylation is 1. The van der Waals surface area contributed by atoms with E-state index in [4.69, 9.17) is 11.6 Å². The van der Waals surface area contributed by atoms with E-state index in [0.29, 0.717) is 11.3 Å². The summed E-state index contributed by atoms with van der Waals surface area (Å²) < 4.78 is 13.2. The number of benzene rings is 2. The highest BCUT2D eigenvalue weighted by Gasteiger charge is 2.13. The molecular formula is C21H16ClFN2O2. The third kappa shape index (κ3) is 4.77. The standard InChI is InChI=1S/C21H16ClFN2O2/c1-13-5-6-16(12-24-13)14-3-2-4-15(9-14)20(26)11-21(27)25-17-7-8-19(23)18(22)10-17/h2-10,12H,11H2,1H3,(H,25,27). The van der Waals surface area contributed by atoms with Crippen LogP contribution in [0.5, 0.6) is 0 Å². The molecule has 1 aromatic heterocycles. The summed E-state index contributed by atoms with van der Waals surface area (Å²) >= 11 is 5.69. The Bertz CT molecular complexity index is 1000. The van der Waals surface area contributed by atoms with Crippen molar-refractivity contribution in [1.82, 2.24) is 4.98 Å². The number of rotatable bonds is 5. The number of hydrogen-bond acceptors (Lipinski definition) is 3. The highest BCUT2D eigenvalue weighted by Crippen LogP contribution is 2.22. The molecule has 0 atom stereocenters. The van der Waals surface area contributed by atoms with Crippen molar-refractivity contribution in [1.29, 1.82) is 0 Å². The molecule has 1 heterocycles. The molecule has 0 aliphatic rings. The van der Waals surface area contributed by atoms with Crippen molar-refractivity contribution in [2.75, 3.05) is 5.32 Å². The minimum Gasteiger partial charge on any atom is -0.326 e. The predicted octanol–water partition coefficient (Wildman–Crippen LogP) is 5.06. The molecule has 0 saturated carbocycles. The Kier molecular flexibility index (Phi) is 5.62. The van der Waals surface area contributed by atoms with Crippen LogP contribution >= 0.6 is 11.6 Å². The van der Waals surface area contributed by atoms with Crippen molar-refractivity contribution >= 4 is 29.0 Å². The van der Waals surface area contributed by atoms with Gasteiger partial charge in [0.05, 0.1) is 11.4 Å². The van der Waals surface area contributed by atoms with Crippen molar-refractivity contribution in [3.05, 3.63) is 82.9 Å². The van der Waals surface area contributed by atoms with Crippen LogP contribution in [0.4, 0.5) is 10.1 Å². The summed E-state index contributed by atoms with van der Waals surface area (Å²) in [5.74, 6) is -1.39. The number of nitrogens with one attached hydrogen (secondary N) is 1. The van der Waals surface area contributed by atoms with Gasteiger partial charge in [-0.15, -0.1) is 0 Å². The van der Waals surface area contributed by atoms with Crippen molar-refractivity contribution in [3.63, 3.8) is 0 Å². The van der Waals surface area contributed by atoms with Gasteiger partial charge in [-0.05, 0) is 42.8 Å². The highest BCUT2D eigenvalue weighted by molar-refractivity contribution is 6.31. The summed E-state index contributed by atoms with van der Waals surface area (Å²) in [7, 11) is 0. The molecule has 1 N–H and O–H groups in total. The van der Waals surface area contributed by atoms with Gasteiger partial charge in [0.2, 0.25) is 5.91 Å². The number of aromatic nitrogens is 1. The summed E-state index contributed by atoms with van der Waals surface area (Å²) in [6.07, 6.45) is 1.41. The summed E-state index contributed by atoms with van der Waals surface area (Å²) in [6.45, 7) is 1.90. The quantitative estimate of drug-likeness (QED) is 0.495. The lowest BCUT2D eigenvalue weighted by atomic mass is 10.0. The van der Waals surface area contributed by atoms with E-state index in [1.54, 1.807) is 24.4 Å². The predicted molar refractivity (Wildman–Crippen MR) is 103 cm³/mol. The number of carbonyl (C=O) groups excluding carboxylic acids is 2. The van der Waals surface area contributed by atoms with E-state index in [2.05, 4.69) is 10.3 Å². The third-order valence-electron chi connectivity index (χ3n) is 3.95. The number of hydrogen-bond donors (Lipinski definition) is 1. The average molecular weight is 383 g/mol. The molecule has 0 aliphatic carbocycles. The molecule has 136 valence electrons. The van der Waals surface area contributed by atoms with Gasteiger partial charge < -0.3 is 5.32 Å². The molecule has 0 spiro atoms. The average Bonchev–Trinajstić information content (AvgIpc) is 2.65. The molecule has 0 saturated heterocycles. The van der Waals surface area contributed by atoms with Crippen LogP contribution in [0.2, 0.25) is 5.02 Å². The van der Waals surface area contributed by atoms with E-state index in [1.165, 1.54) is 12.1 Å². The van der Waals surface area contributed by atoms with Gasteiger partial charge in [0, 0.05) is 28.7 Å². The number of carbonyl (C=O) groups is 2. The van der Waals surface area contributed by atoms with Crippen LogP contribution in [0.15, 0.2) is 60.8 Å². The second-order valence-corrected chi connectivity index (χ2v) is 6.45. The zero-order valence-electron chi connectivity index (χ0n) is 14.5. The summed E-state index contributed by atoms with van der Waals surface area (Å²) in [5, 5.41) is 2.44. The lowest BCUT2D eigenvalue weighted by Crippen LogP contribution is -2.16. The van der Waals surface area contributed by atoms with E-state index in [9.17, 15) is 14.0 Å². The largest absolute Gasteiger partial charge is 0.326 e. The summed E-state index contributed by atoms with van der Waals surface area (Å²) in [6, 6.07) is 14.7. The molecule has 1 amide bonds. The summed E-state index contributed by atoms with van der Waals surface area (Å²) in [5.41, 5.74) is 3.40. The fourth-order valence-corrected chi connectivity index (χ4v) is 2.72. The smallest absolute Gasteiger partial charge is 0.232 e. The van der Waals surface area contributed by atoms with E-state index in [0.717, 1.165) is 22.9 Å². The normalized spacial score (nSPS) is 10.5. The second kappa shape index (κ2) is 8.10. The van der Waals surface area contributed by atoms with Gasteiger partial charge in [0.25, 0.3) is 0 Å². The molecule has 2 aromatic carbocycles. The Balaban J connectivity index is 1.70. The zero-order valence-corrected chi connectivity index (χ0v) is 15.3.